The summed E-state index contributed by atoms with van der Waals surface area (Å²) in [7, 11) is -2.76. The second-order valence-electron chi connectivity index (χ2n) is 4.53. The van der Waals surface area contributed by atoms with Crippen molar-refractivity contribution in [3.05, 3.63) is 69.5 Å². The highest BCUT2D eigenvalue weighted by molar-refractivity contribution is 6.67. The molecule has 2 aromatic heterocycles. The fraction of sp³-hybridized carbons (Fsp3) is 0.286. The Morgan fingerprint density at radius 3 is 1.62 bits per heavy atom. The quantitative estimate of drug-likeness (QED) is 0.748. The molecular weight excluding hydrogens is 288 g/mol. The number of pyridine rings is 2. The highest BCUT2D eigenvalue weighted by Gasteiger charge is 2.40. The first kappa shape index (κ1) is 15.1. The molecule has 2 heterocycles. The smallest absolute Gasteiger partial charge is 0.420 e. The van der Waals surface area contributed by atoms with E-state index < -0.39 is 8.56 Å². The lowest BCUT2D eigenvalue weighted by Crippen LogP contribution is -2.57. The lowest BCUT2D eigenvalue weighted by molar-refractivity contribution is 0.130. The van der Waals surface area contributed by atoms with Crippen LogP contribution in [-0.2, 0) is 0 Å². The standard InChI is InChI=1S/C14H18N2O4Si/c1-3-21(4-2,19-15-11-7-5-9-13(15)17)20-16-12-8-6-10-14(16)18/h5-12H,3-4H2,1-2H3. The van der Waals surface area contributed by atoms with Gasteiger partial charge in [-0.2, -0.15) is 9.46 Å². The lowest BCUT2D eigenvalue weighted by atomic mass is 10.5. The molecule has 6 nitrogen and oxygen atoms in total. The first-order chi connectivity index (χ1) is 10.1. The van der Waals surface area contributed by atoms with Crippen LogP contribution in [0.15, 0.2) is 58.4 Å². The molecule has 0 radical (unpaired) electrons. The maximum atomic E-state index is 11.8. The third kappa shape index (κ3) is 3.43. The van der Waals surface area contributed by atoms with Crippen molar-refractivity contribution in [3.8, 4) is 0 Å². The van der Waals surface area contributed by atoms with E-state index in [1.165, 1.54) is 21.6 Å². The van der Waals surface area contributed by atoms with Crippen molar-refractivity contribution < 1.29 is 9.05 Å². The van der Waals surface area contributed by atoms with Crippen LogP contribution in [-0.4, -0.2) is 18.0 Å². The molecule has 21 heavy (non-hydrogen) atoms. The fourth-order valence-electron chi connectivity index (χ4n) is 1.86. The summed E-state index contributed by atoms with van der Waals surface area (Å²) in [5.74, 6) is 0. The number of rotatable bonds is 6. The summed E-state index contributed by atoms with van der Waals surface area (Å²) in [5, 5.41) is 0. The van der Waals surface area contributed by atoms with Gasteiger partial charge in [0.15, 0.2) is 0 Å². The molecule has 0 unspecified atom stereocenters. The Kier molecular flexibility index (Phi) is 4.64. The normalized spacial score (nSPS) is 11.1. The molecule has 0 bridgehead atoms. The van der Waals surface area contributed by atoms with Crippen LogP contribution in [0.1, 0.15) is 13.8 Å². The number of aromatic nitrogens is 2. The van der Waals surface area contributed by atoms with Gasteiger partial charge in [0.25, 0.3) is 11.1 Å². The van der Waals surface area contributed by atoms with Crippen LogP contribution >= 0.6 is 0 Å². The average molecular weight is 306 g/mol. The molecule has 0 fully saturated rings. The molecule has 0 saturated heterocycles. The van der Waals surface area contributed by atoms with Crippen molar-refractivity contribution in [2.75, 3.05) is 0 Å². The lowest BCUT2D eigenvalue weighted by Gasteiger charge is -2.29. The Bertz CT molecular complexity index is 649. The minimum absolute atomic E-state index is 0.264. The van der Waals surface area contributed by atoms with E-state index in [-0.39, 0.29) is 11.1 Å². The summed E-state index contributed by atoms with van der Waals surface area (Å²) in [6.07, 6.45) is 3.10. The predicted octanol–water partition coefficient (Wildman–Crippen LogP) is 1.05. The molecule has 0 aliphatic rings. The predicted molar refractivity (Wildman–Crippen MR) is 81.3 cm³/mol. The van der Waals surface area contributed by atoms with Gasteiger partial charge in [-0.1, -0.05) is 26.0 Å². The van der Waals surface area contributed by atoms with E-state index in [9.17, 15) is 9.59 Å². The minimum Gasteiger partial charge on any atom is -0.420 e. The van der Waals surface area contributed by atoms with Crippen molar-refractivity contribution in [2.45, 2.75) is 25.9 Å². The maximum absolute atomic E-state index is 11.8. The third-order valence-electron chi connectivity index (χ3n) is 3.18. The van der Waals surface area contributed by atoms with Crippen molar-refractivity contribution in [1.29, 1.82) is 0 Å². The first-order valence-electron chi connectivity index (χ1n) is 6.84. The Morgan fingerprint density at radius 2 is 1.29 bits per heavy atom. The van der Waals surface area contributed by atoms with Gasteiger partial charge in [0.2, 0.25) is 0 Å². The largest absolute Gasteiger partial charge is 0.504 e. The van der Waals surface area contributed by atoms with Gasteiger partial charge in [-0.15, -0.1) is 0 Å². The van der Waals surface area contributed by atoms with Crippen LogP contribution in [0.25, 0.3) is 0 Å². The molecule has 0 aromatic carbocycles. The average Bonchev–Trinajstić information content (AvgIpc) is 2.51. The molecule has 0 N–H and O–H groups in total. The molecule has 112 valence electrons. The maximum Gasteiger partial charge on any atom is 0.504 e. The summed E-state index contributed by atoms with van der Waals surface area (Å²) in [6.45, 7) is 3.86. The molecule has 2 aromatic rings. The van der Waals surface area contributed by atoms with E-state index >= 15 is 0 Å². The summed E-state index contributed by atoms with van der Waals surface area (Å²) in [4.78, 5) is 23.6. The van der Waals surface area contributed by atoms with E-state index in [1.807, 2.05) is 13.8 Å². The van der Waals surface area contributed by atoms with Crippen molar-refractivity contribution in [1.82, 2.24) is 9.46 Å². The number of hydrogen-bond donors (Lipinski definition) is 0. The second kappa shape index (κ2) is 6.44. The van der Waals surface area contributed by atoms with Crippen LogP contribution in [0.3, 0.4) is 0 Å². The van der Waals surface area contributed by atoms with Gasteiger partial charge in [0.05, 0.1) is 0 Å². The van der Waals surface area contributed by atoms with E-state index in [2.05, 4.69) is 0 Å². The summed E-state index contributed by atoms with van der Waals surface area (Å²) < 4.78 is 14.1. The van der Waals surface area contributed by atoms with Gasteiger partial charge in [-0.05, 0) is 12.1 Å². The van der Waals surface area contributed by atoms with Crippen molar-refractivity contribution >= 4 is 8.56 Å². The first-order valence-corrected chi connectivity index (χ1v) is 9.07. The molecule has 7 heteroatoms. The molecule has 0 atom stereocenters. The highest BCUT2D eigenvalue weighted by atomic mass is 28.4. The van der Waals surface area contributed by atoms with E-state index in [1.54, 1.807) is 36.7 Å². The zero-order chi connectivity index (χ0) is 15.3. The molecule has 0 aliphatic carbocycles. The summed E-state index contributed by atoms with van der Waals surface area (Å²) >= 11 is 0. The van der Waals surface area contributed by atoms with Crippen molar-refractivity contribution in [2.24, 2.45) is 0 Å². The van der Waals surface area contributed by atoms with Crippen molar-refractivity contribution in [3.63, 3.8) is 0 Å². The van der Waals surface area contributed by atoms with Gasteiger partial charge in [-0.25, -0.2) is 0 Å². The topological polar surface area (TPSA) is 62.5 Å². The monoisotopic (exact) mass is 306 g/mol. The zero-order valence-electron chi connectivity index (χ0n) is 12.1. The number of nitrogens with zero attached hydrogens (tertiary/aromatic N) is 2. The van der Waals surface area contributed by atoms with Gasteiger partial charge in [0.1, 0.15) is 0 Å². The molecule has 0 spiro atoms. The van der Waals surface area contributed by atoms with Gasteiger partial charge >= 0.3 is 8.56 Å². The van der Waals surface area contributed by atoms with Gasteiger partial charge in [0, 0.05) is 36.6 Å². The number of hydrogen-bond acceptors (Lipinski definition) is 4. The Hall–Kier alpha value is -2.28. The zero-order valence-corrected chi connectivity index (χ0v) is 13.1. The molecule has 0 aliphatic heterocycles. The van der Waals surface area contributed by atoms with Crippen LogP contribution in [0, 0.1) is 0 Å². The summed E-state index contributed by atoms with van der Waals surface area (Å²) in [5.41, 5.74) is -0.527. The third-order valence-corrected chi connectivity index (χ3v) is 6.40. The van der Waals surface area contributed by atoms with Gasteiger partial charge < -0.3 is 9.05 Å². The fourth-order valence-corrected chi connectivity index (χ4v) is 3.93. The highest BCUT2D eigenvalue weighted by Crippen LogP contribution is 2.12. The Labute approximate surface area is 123 Å². The van der Waals surface area contributed by atoms with Crippen LogP contribution < -0.4 is 20.2 Å². The van der Waals surface area contributed by atoms with Crippen LogP contribution in [0.5, 0.6) is 0 Å². The SMILES string of the molecule is CC[Si](CC)(On1ccccc1=O)On1ccccc1=O. The molecule has 0 amide bonds. The summed E-state index contributed by atoms with van der Waals surface area (Å²) in [6, 6.07) is 10.7. The van der Waals surface area contributed by atoms with E-state index in [4.69, 9.17) is 9.05 Å². The van der Waals surface area contributed by atoms with Crippen LogP contribution in [0.4, 0.5) is 0 Å². The molecule has 0 saturated carbocycles. The minimum atomic E-state index is -2.76. The van der Waals surface area contributed by atoms with Gasteiger partial charge in [-0.3, -0.25) is 9.59 Å². The molecule has 2 rings (SSSR count). The van der Waals surface area contributed by atoms with Crippen LogP contribution in [0.2, 0.25) is 12.1 Å². The van der Waals surface area contributed by atoms with E-state index in [0.717, 1.165) is 0 Å². The molecular formula is C14H18N2O4Si. The van der Waals surface area contributed by atoms with E-state index in [0.29, 0.717) is 12.1 Å². The second-order valence-corrected chi connectivity index (χ2v) is 8.13. The Morgan fingerprint density at radius 1 is 0.857 bits per heavy atom. The Balaban J connectivity index is 2.33.